The SMILES string of the molecule is Cc1ccc([C@@H]2[C@@H](S(=O)(=O)c3ccccc3)[C@]2(CN)CO)cc1. The zero-order valence-corrected chi connectivity index (χ0v) is 13.8. The summed E-state index contributed by atoms with van der Waals surface area (Å²) in [6, 6.07) is 16.2. The Hall–Kier alpha value is -1.69. The monoisotopic (exact) mass is 331 g/mol. The molecule has 2 aromatic rings. The first-order chi connectivity index (χ1) is 11.0. The van der Waals surface area contributed by atoms with E-state index in [4.69, 9.17) is 5.73 Å². The molecule has 1 aliphatic rings. The van der Waals surface area contributed by atoms with Gasteiger partial charge in [-0.1, -0.05) is 48.0 Å². The molecule has 0 unspecified atom stereocenters. The fourth-order valence-corrected chi connectivity index (χ4v) is 5.95. The van der Waals surface area contributed by atoms with Crippen molar-refractivity contribution in [3.8, 4) is 0 Å². The van der Waals surface area contributed by atoms with Crippen LogP contribution in [-0.2, 0) is 9.84 Å². The molecule has 0 aromatic heterocycles. The standard InChI is InChI=1S/C18H21NO3S/c1-13-7-9-14(10-8-13)16-17(18(16,11-19)12-20)23(21,22)15-5-3-2-4-6-15/h2-10,16-17,20H,11-12,19H2,1H3/t16-,17-,18-/m1/s1. The van der Waals surface area contributed by atoms with E-state index in [2.05, 4.69) is 0 Å². The summed E-state index contributed by atoms with van der Waals surface area (Å²) in [7, 11) is -3.55. The maximum absolute atomic E-state index is 13.0. The van der Waals surface area contributed by atoms with E-state index in [-0.39, 0.29) is 24.0 Å². The zero-order valence-electron chi connectivity index (χ0n) is 13.0. The fraction of sp³-hybridized carbons (Fsp3) is 0.333. The lowest BCUT2D eigenvalue weighted by atomic mass is 9.99. The molecule has 1 saturated carbocycles. The molecule has 3 atom stereocenters. The minimum absolute atomic E-state index is 0.138. The van der Waals surface area contributed by atoms with Gasteiger partial charge in [0.2, 0.25) is 0 Å². The van der Waals surface area contributed by atoms with Crippen molar-refractivity contribution in [2.45, 2.75) is 23.0 Å². The summed E-state index contributed by atoms with van der Waals surface area (Å²) in [5, 5.41) is 9.19. The lowest BCUT2D eigenvalue weighted by Crippen LogP contribution is -2.27. The quantitative estimate of drug-likeness (QED) is 0.876. The number of benzene rings is 2. The predicted octanol–water partition coefficient (Wildman–Crippen LogP) is 1.87. The lowest BCUT2D eigenvalue weighted by Gasteiger charge is -2.12. The molecule has 1 fully saturated rings. The van der Waals surface area contributed by atoms with Crippen LogP contribution in [0.1, 0.15) is 17.0 Å². The Morgan fingerprint density at radius 3 is 2.22 bits per heavy atom. The van der Waals surface area contributed by atoms with Crippen LogP contribution in [0.5, 0.6) is 0 Å². The average molecular weight is 331 g/mol. The molecule has 3 N–H and O–H groups in total. The highest BCUT2D eigenvalue weighted by Gasteiger charge is 2.70. The second-order valence-corrected chi connectivity index (χ2v) is 8.33. The normalized spacial score (nSPS) is 26.9. The number of aliphatic hydroxyl groups is 1. The first-order valence-electron chi connectivity index (χ1n) is 7.64. The Balaban J connectivity index is 2.05. The van der Waals surface area contributed by atoms with Crippen LogP contribution in [0.4, 0.5) is 0 Å². The van der Waals surface area contributed by atoms with Gasteiger partial charge in [-0.15, -0.1) is 0 Å². The van der Waals surface area contributed by atoms with Crippen LogP contribution in [0.2, 0.25) is 0 Å². The van der Waals surface area contributed by atoms with Crippen LogP contribution in [0.3, 0.4) is 0 Å². The van der Waals surface area contributed by atoms with E-state index in [0.717, 1.165) is 11.1 Å². The number of aryl methyl sites for hydroxylation is 1. The van der Waals surface area contributed by atoms with Gasteiger partial charge < -0.3 is 10.8 Å². The number of nitrogens with two attached hydrogens (primary N) is 1. The number of aliphatic hydroxyl groups excluding tert-OH is 1. The van der Waals surface area contributed by atoms with Crippen LogP contribution in [0.15, 0.2) is 59.5 Å². The zero-order chi connectivity index (χ0) is 16.7. The topological polar surface area (TPSA) is 80.4 Å². The van der Waals surface area contributed by atoms with Crippen LogP contribution in [0.25, 0.3) is 0 Å². The van der Waals surface area contributed by atoms with Gasteiger partial charge in [0, 0.05) is 17.9 Å². The summed E-state index contributed by atoms with van der Waals surface area (Å²) in [6.45, 7) is 1.88. The summed E-state index contributed by atoms with van der Waals surface area (Å²) in [4.78, 5) is 0.283. The van der Waals surface area contributed by atoms with E-state index in [1.807, 2.05) is 31.2 Å². The summed E-state index contributed by atoms with van der Waals surface area (Å²) < 4.78 is 26.0. The highest BCUT2D eigenvalue weighted by Crippen LogP contribution is 2.63. The Labute approximate surface area is 136 Å². The third-order valence-corrected chi connectivity index (χ3v) is 7.24. The molecule has 5 heteroatoms. The molecular weight excluding hydrogens is 310 g/mol. The van der Waals surface area contributed by atoms with Gasteiger partial charge in [-0.25, -0.2) is 8.42 Å². The highest BCUT2D eigenvalue weighted by atomic mass is 32.2. The second kappa shape index (κ2) is 5.74. The van der Waals surface area contributed by atoms with Crippen molar-refractivity contribution in [1.82, 2.24) is 0 Å². The minimum Gasteiger partial charge on any atom is -0.396 e. The summed E-state index contributed by atoms with van der Waals surface area (Å²) in [5.74, 6) is -0.275. The second-order valence-electron chi connectivity index (χ2n) is 6.26. The third-order valence-electron chi connectivity index (χ3n) is 4.90. The van der Waals surface area contributed by atoms with Crippen LogP contribution in [-0.4, -0.2) is 31.9 Å². The molecule has 0 radical (unpaired) electrons. The van der Waals surface area contributed by atoms with Crippen LogP contribution in [0, 0.1) is 12.3 Å². The van der Waals surface area contributed by atoms with E-state index in [1.165, 1.54) is 0 Å². The predicted molar refractivity (Wildman–Crippen MR) is 89.9 cm³/mol. The van der Waals surface area contributed by atoms with Gasteiger partial charge in [0.1, 0.15) is 0 Å². The largest absolute Gasteiger partial charge is 0.396 e. The highest BCUT2D eigenvalue weighted by molar-refractivity contribution is 7.92. The first-order valence-corrected chi connectivity index (χ1v) is 9.18. The third kappa shape index (κ3) is 2.49. The smallest absolute Gasteiger partial charge is 0.182 e. The maximum atomic E-state index is 13.0. The van der Waals surface area contributed by atoms with E-state index in [1.54, 1.807) is 30.3 Å². The van der Waals surface area contributed by atoms with Gasteiger partial charge in [-0.3, -0.25) is 0 Å². The fourth-order valence-electron chi connectivity index (χ4n) is 3.47. The molecule has 0 heterocycles. The lowest BCUT2D eigenvalue weighted by molar-refractivity contribution is 0.212. The molecule has 4 nitrogen and oxygen atoms in total. The maximum Gasteiger partial charge on any atom is 0.182 e. The summed E-state index contributed by atoms with van der Waals surface area (Å²) >= 11 is 0. The Morgan fingerprint density at radius 2 is 1.70 bits per heavy atom. The van der Waals surface area contributed by atoms with Crippen molar-refractivity contribution in [2.24, 2.45) is 11.1 Å². The minimum atomic E-state index is -3.55. The molecule has 0 saturated heterocycles. The first kappa shape index (κ1) is 16.2. The van der Waals surface area contributed by atoms with E-state index >= 15 is 0 Å². The van der Waals surface area contributed by atoms with Crippen molar-refractivity contribution in [3.05, 3.63) is 65.7 Å². The molecule has 23 heavy (non-hydrogen) atoms. The van der Waals surface area contributed by atoms with E-state index in [0.29, 0.717) is 0 Å². The summed E-state index contributed by atoms with van der Waals surface area (Å²) in [6.07, 6.45) is 0. The van der Waals surface area contributed by atoms with Crippen LogP contribution < -0.4 is 5.73 Å². The molecule has 0 bridgehead atoms. The number of rotatable bonds is 5. The molecule has 3 rings (SSSR count). The Kier molecular flexibility index (Phi) is 4.04. The van der Waals surface area contributed by atoms with Gasteiger partial charge in [-0.05, 0) is 24.6 Å². The van der Waals surface area contributed by atoms with Crippen molar-refractivity contribution >= 4 is 9.84 Å². The average Bonchev–Trinajstić information content (AvgIpc) is 3.27. The number of sulfone groups is 1. The number of hydrogen-bond acceptors (Lipinski definition) is 4. The van der Waals surface area contributed by atoms with Crippen molar-refractivity contribution < 1.29 is 13.5 Å². The van der Waals surface area contributed by atoms with Gasteiger partial charge in [0.25, 0.3) is 0 Å². The van der Waals surface area contributed by atoms with Gasteiger partial charge in [0.15, 0.2) is 9.84 Å². The molecule has 0 amide bonds. The van der Waals surface area contributed by atoms with Crippen LogP contribution >= 0.6 is 0 Å². The van der Waals surface area contributed by atoms with Gasteiger partial charge >= 0.3 is 0 Å². The molecule has 0 aliphatic heterocycles. The molecule has 2 aromatic carbocycles. The Morgan fingerprint density at radius 1 is 1.09 bits per heavy atom. The van der Waals surface area contributed by atoms with Crippen molar-refractivity contribution in [3.63, 3.8) is 0 Å². The summed E-state index contributed by atoms with van der Waals surface area (Å²) in [5.41, 5.74) is 7.10. The molecule has 0 spiro atoms. The van der Waals surface area contributed by atoms with E-state index < -0.39 is 20.5 Å². The van der Waals surface area contributed by atoms with Gasteiger partial charge in [-0.2, -0.15) is 0 Å². The molecule has 122 valence electrons. The molecule has 1 aliphatic carbocycles. The Bertz CT molecular complexity index is 781. The van der Waals surface area contributed by atoms with Crippen molar-refractivity contribution in [2.75, 3.05) is 13.2 Å². The van der Waals surface area contributed by atoms with E-state index in [9.17, 15) is 13.5 Å². The van der Waals surface area contributed by atoms with Gasteiger partial charge in [0.05, 0.1) is 16.8 Å². The van der Waals surface area contributed by atoms with Crippen molar-refractivity contribution in [1.29, 1.82) is 0 Å². The number of hydrogen-bond donors (Lipinski definition) is 2. The molecular formula is C18H21NO3S.